The molecule has 1 fully saturated rings. The first-order valence-corrected chi connectivity index (χ1v) is 5.46. The van der Waals surface area contributed by atoms with Crippen molar-refractivity contribution in [1.82, 2.24) is 4.98 Å². The minimum absolute atomic E-state index is 0.186. The van der Waals surface area contributed by atoms with Gasteiger partial charge in [-0.15, -0.1) is 0 Å². The maximum absolute atomic E-state index is 11.2. The summed E-state index contributed by atoms with van der Waals surface area (Å²) in [6.45, 7) is 0.666. The zero-order valence-electron chi connectivity index (χ0n) is 8.90. The van der Waals surface area contributed by atoms with Gasteiger partial charge in [0.05, 0.1) is 13.7 Å². The highest BCUT2D eigenvalue weighted by Crippen LogP contribution is 2.31. The average Bonchev–Trinajstić information content (AvgIpc) is 3.10. The number of ether oxygens (including phenoxy) is 2. The van der Waals surface area contributed by atoms with Crippen LogP contribution in [-0.2, 0) is 4.74 Å². The smallest absolute Gasteiger partial charge is 0.356 e. The molecule has 86 valence electrons. The van der Waals surface area contributed by atoms with E-state index in [1.165, 1.54) is 20.0 Å². The summed E-state index contributed by atoms with van der Waals surface area (Å²) in [5.41, 5.74) is 0.186. The number of pyridine rings is 1. The maximum atomic E-state index is 11.2. The second-order valence-electron chi connectivity index (χ2n) is 3.73. The van der Waals surface area contributed by atoms with Gasteiger partial charge >= 0.3 is 5.97 Å². The molecule has 0 aliphatic heterocycles. The Morgan fingerprint density at radius 2 is 2.31 bits per heavy atom. The van der Waals surface area contributed by atoms with E-state index in [1.807, 2.05) is 0 Å². The number of esters is 1. The summed E-state index contributed by atoms with van der Waals surface area (Å²) in [6.07, 6.45) is 2.43. The van der Waals surface area contributed by atoms with E-state index < -0.39 is 5.97 Å². The highest BCUT2D eigenvalue weighted by atomic mass is 35.5. The number of carbonyl (C=O) groups is 1. The van der Waals surface area contributed by atoms with Gasteiger partial charge in [-0.2, -0.15) is 0 Å². The van der Waals surface area contributed by atoms with Crippen LogP contribution in [0.1, 0.15) is 23.3 Å². The first-order valence-electron chi connectivity index (χ1n) is 5.08. The lowest BCUT2D eigenvalue weighted by molar-refractivity contribution is 0.0594. The van der Waals surface area contributed by atoms with E-state index in [0.29, 0.717) is 18.3 Å². The van der Waals surface area contributed by atoms with Crippen molar-refractivity contribution in [3.8, 4) is 5.75 Å². The molecule has 1 aliphatic carbocycles. The molecule has 1 aromatic rings. The molecule has 2 rings (SSSR count). The lowest BCUT2D eigenvalue weighted by atomic mass is 10.3. The van der Waals surface area contributed by atoms with Crippen LogP contribution in [-0.4, -0.2) is 24.7 Å². The topological polar surface area (TPSA) is 48.4 Å². The first kappa shape index (κ1) is 11.2. The fourth-order valence-electron chi connectivity index (χ4n) is 1.24. The van der Waals surface area contributed by atoms with Crippen molar-refractivity contribution in [1.29, 1.82) is 0 Å². The van der Waals surface area contributed by atoms with Gasteiger partial charge in [0.1, 0.15) is 5.69 Å². The molecule has 0 saturated heterocycles. The van der Waals surface area contributed by atoms with E-state index in [4.69, 9.17) is 16.3 Å². The number of hydrogen-bond donors (Lipinski definition) is 0. The van der Waals surface area contributed by atoms with Crippen molar-refractivity contribution in [2.24, 2.45) is 5.92 Å². The molecule has 5 heteroatoms. The lowest BCUT2D eigenvalue weighted by Crippen LogP contribution is -2.06. The van der Waals surface area contributed by atoms with Crippen LogP contribution in [0.3, 0.4) is 0 Å². The van der Waals surface area contributed by atoms with Crippen LogP contribution in [0, 0.1) is 5.92 Å². The van der Waals surface area contributed by atoms with Crippen molar-refractivity contribution in [3.05, 3.63) is 23.0 Å². The minimum Gasteiger partial charge on any atom is -0.490 e. The quantitative estimate of drug-likeness (QED) is 0.600. The summed E-state index contributed by atoms with van der Waals surface area (Å²) in [6, 6.07) is 3.18. The Morgan fingerprint density at radius 1 is 1.56 bits per heavy atom. The third-order valence-electron chi connectivity index (χ3n) is 2.38. The molecule has 16 heavy (non-hydrogen) atoms. The number of rotatable bonds is 4. The van der Waals surface area contributed by atoms with Gasteiger partial charge in [-0.25, -0.2) is 9.78 Å². The molecule has 0 aromatic carbocycles. The fraction of sp³-hybridized carbons (Fsp3) is 0.455. The Bertz CT molecular complexity index is 404. The van der Waals surface area contributed by atoms with E-state index in [-0.39, 0.29) is 10.8 Å². The summed E-state index contributed by atoms with van der Waals surface area (Å²) in [7, 11) is 1.30. The van der Waals surface area contributed by atoms with Crippen LogP contribution in [0.15, 0.2) is 12.1 Å². The monoisotopic (exact) mass is 241 g/mol. The van der Waals surface area contributed by atoms with Crippen molar-refractivity contribution in [2.75, 3.05) is 13.7 Å². The number of halogens is 1. The second-order valence-corrected chi connectivity index (χ2v) is 4.09. The number of aromatic nitrogens is 1. The Kier molecular flexibility index (Phi) is 3.29. The van der Waals surface area contributed by atoms with Gasteiger partial charge in [-0.1, -0.05) is 11.6 Å². The maximum Gasteiger partial charge on any atom is 0.356 e. The Hall–Kier alpha value is -1.29. The summed E-state index contributed by atoms with van der Waals surface area (Å²) in [5.74, 6) is 0.660. The Morgan fingerprint density at radius 3 is 2.88 bits per heavy atom. The van der Waals surface area contributed by atoms with Gasteiger partial charge in [0, 0.05) is 0 Å². The molecule has 4 nitrogen and oxygen atoms in total. The van der Waals surface area contributed by atoms with E-state index in [1.54, 1.807) is 12.1 Å². The van der Waals surface area contributed by atoms with Crippen LogP contribution in [0.25, 0.3) is 0 Å². The molecular weight excluding hydrogens is 230 g/mol. The van der Waals surface area contributed by atoms with Gasteiger partial charge in [-0.05, 0) is 30.9 Å². The zero-order chi connectivity index (χ0) is 11.5. The minimum atomic E-state index is -0.504. The van der Waals surface area contributed by atoms with Gasteiger partial charge in [-0.3, -0.25) is 0 Å². The molecule has 1 heterocycles. The van der Waals surface area contributed by atoms with Gasteiger partial charge in [0.15, 0.2) is 10.9 Å². The molecule has 0 atom stereocenters. The Labute approximate surface area is 98.5 Å². The SMILES string of the molecule is COC(=O)c1ccc(OCC2CC2)c(Cl)n1. The van der Waals surface area contributed by atoms with Gasteiger partial charge < -0.3 is 9.47 Å². The third kappa shape index (κ3) is 2.64. The van der Waals surface area contributed by atoms with Crippen molar-refractivity contribution >= 4 is 17.6 Å². The molecule has 0 radical (unpaired) electrons. The molecule has 0 unspecified atom stereocenters. The number of carbonyl (C=O) groups excluding carboxylic acids is 1. The van der Waals surface area contributed by atoms with Gasteiger partial charge in [0.2, 0.25) is 0 Å². The summed E-state index contributed by atoms with van der Waals surface area (Å²) < 4.78 is 10.0. The Balaban J connectivity index is 2.05. The van der Waals surface area contributed by atoms with Crippen molar-refractivity contribution in [3.63, 3.8) is 0 Å². The van der Waals surface area contributed by atoms with Crippen molar-refractivity contribution in [2.45, 2.75) is 12.8 Å². The van der Waals surface area contributed by atoms with E-state index in [2.05, 4.69) is 9.72 Å². The normalized spacial score (nSPS) is 14.6. The summed E-state index contributed by atoms with van der Waals surface area (Å²) in [4.78, 5) is 15.1. The van der Waals surface area contributed by atoms with Crippen LogP contribution in [0.2, 0.25) is 5.15 Å². The molecule has 1 aliphatic rings. The molecule has 0 N–H and O–H groups in total. The molecule has 0 bridgehead atoms. The van der Waals surface area contributed by atoms with Crippen LogP contribution in [0.5, 0.6) is 5.75 Å². The first-order chi connectivity index (χ1) is 7.70. The summed E-state index contributed by atoms with van der Waals surface area (Å²) in [5, 5.41) is 0.198. The van der Waals surface area contributed by atoms with Crippen LogP contribution in [0.4, 0.5) is 0 Å². The predicted molar refractivity (Wildman–Crippen MR) is 58.8 cm³/mol. The lowest BCUT2D eigenvalue weighted by Gasteiger charge is -2.07. The van der Waals surface area contributed by atoms with E-state index >= 15 is 0 Å². The summed E-state index contributed by atoms with van der Waals surface area (Å²) >= 11 is 5.89. The van der Waals surface area contributed by atoms with E-state index in [0.717, 1.165) is 0 Å². The van der Waals surface area contributed by atoms with Crippen molar-refractivity contribution < 1.29 is 14.3 Å². The standard InChI is InChI=1S/C11H12ClNO3/c1-15-11(14)8-4-5-9(10(12)13-8)16-6-7-2-3-7/h4-5,7H,2-3,6H2,1H3. The number of nitrogens with zero attached hydrogens (tertiary/aromatic N) is 1. The van der Waals surface area contributed by atoms with Crippen LogP contribution < -0.4 is 4.74 Å². The number of hydrogen-bond acceptors (Lipinski definition) is 4. The largest absolute Gasteiger partial charge is 0.490 e. The predicted octanol–water partition coefficient (Wildman–Crippen LogP) is 2.31. The van der Waals surface area contributed by atoms with Gasteiger partial charge in [0.25, 0.3) is 0 Å². The molecular formula is C11H12ClNO3. The average molecular weight is 242 g/mol. The molecule has 0 amide bonds. The zero-order valence-corrected chi connectivity index (χ0v) is 9.66. The van der Waals surface area contributed by atoms with Crippen LogP contribution >= 0.6 is 11.6 Å². The fourth-order valence-corrected chi connectivity index (χ4v) is 1.45. The second kappa shape index (κ2) is 4.70. The third-order valence-corrected chi connectivity index (χ3v) is 2.65. The highest BCUT2D eigenvalue weighted by Gasteiger charge is 2.22. The molecule has 1 saturated carbocycles. The highest BCUT2D eigenvalue weighted by molar-refractivity contribution is 6.31. The number of methoxy groups -OCH3 is 1. The molecule has 0 spiro atoms. The van der Waals surface area contributed by atoms with E-state index in [9.17, 15) is 4.79 Å². The molecule has 1 aromatic heterocycles.